The first-order valence-electron chi connectivity index (χ1n) is 6.62. The second-order valence-electron chi connectivity index (χ2n) is 4.28. The Morgan fingerprint density at radius 3 is 2.41 bits per heavy atom. The predicted molar refractivity (Wildman–Crippen MR) is 72.9 cm³/mol. The van der Waals surface area contributed by atoms with Gasteiger partial charge in [-0.2, -0.15) is 0 Å². The monoisotopic (exact) mass is 238 g/mol. The van der Waals surface area contributed by atoms with E-state index >= 15 is 0 Å². The van der Waals surface area contributed by atoms with E-state index in [1.807, 2.05) is 6.08 Å². The van der Waals surface area contributed by atoms with Crippen LogP contribution in [-0.4, -0.2) is 13.1 Å². The molecule has 2 heteroatoms. The van der Waals surface area contributed by atoms with E-state index in [2.05, 4.69) is 23.8 Å². The van der Waals surface area contributed by atoms with Crippen LogP contribution in [0.5, 0.6) is 0 Å². The fourth-order valence-electron chi connectivity index (χ4n) is 1.57. The molecule has 2 nitrogen and oxygen atoms in total. The van der Waals surface area contributed by atoms with E-state index in [4.69, 9.17) is 0 Å². The minimum Gasteiger partial charge on any atom is -0.466 e. The van der Waals surface area contributed by atoms with Crippen LogP contribution >= 0.6 is 0 Å². The predicted octanol–water partition coefficient (Wildman–Crippen LogP) is 4.41. The van der Waals surface area contributed by atoms with Crippen LogP contribution in [0.1, 0.15) is 58.8 Å². The molecule has 0 aromatic rings. The van der Waals surface area contributed by atoms with Crippen molar-refractivity contribution in [1.29, 1.82) is 0 Å². The van der Waals surface area contributed by atoms with Gasteiger partial charge in [0.25, 0.3) is 0 Å². The number of unbranched alkanes of at least 4 members (excludes halogenated alkanes) is 5. The average Bonchev–Trinajstić information content (AvgIpc) is 2.35. The number of rotatable bonds is 9. The van der Waals surface area contributed by atoms with Gasteiger partial charge in [0.05, 0.1) is 7.11 Å². The van der Waals surface area contributed by atoms with Crippen LogP contribution in [-0.2, 0) is 9.53 Å². The van der Waals surface area contributed by atoms with Crippen LogP contribution in [0.4, 0.5) is 0 Å². The molecule has 0 saturated heterocycles. The molecule has 0 aliphatic carbocycles. The summed E-state index contributed by atoms with van der Waals surface area (Å²) >= 11 is 0. The van der Waals surface area contributed by atoms with Gasteiger partial charge in [-0.1, -0.05) is 44.4 Å². The fourth-order valence-corrected chi connectivity index (χ4v) is 1.57. The number of ether oxygens (including phenoxy) is 1. The smallest absolute Gasteiger partial charge is 0.333 e. The van der Waals surface area contributed by atoms with Crippen LogP contribution in [0, 0.1) is 0 Å². The van der Waals surface area contributed by atoms with Gasteiger partial charge in [-0.3, -0.25) is 0 Å². The number of hydrogen-bond donors (Lipinski definition) is 0. The molecule has 17 heavy (non-hydrogen) atoms. The Morgan fingerprint density at radius 1 is 1.06 bits per heavy atom. The second kappa shape index (κ2) is 11.4. The van der Waals surface area contributed by atoms with Crippen molar-refractivity contribution in [3.63, 3.8) is 0 Å². The molecule has 0 unspecified atom stereocenters. The number of hydrogen-bond acceptors (Lipinski definition) is 2. The topological polar surface area (TPSA) is 26.3 Å². The summed E-state index contributed by atoms with van der Waals surface area (Å²) in [7, 11) is 1.41. The van der Waals surface area contributed by atoms with E-state index in [0.717, 1.165) is 12.8 Å². The first-order chi connectivity index (χ1) is 8.22. The Labute approximate surface area is 106 Å². The first-order valence-corrected chi connectivity index (χ1v) is 6.62. The van der Waals surface area contributed by atoms with Gasteiger partial charge in [0, 0.05) is 5.57 Å². The van der Waals surface area contributed by atoms with Crippen LogP contribution in [0.3, 0.4) is 0 Å². The highest BCUT2D eigenvalue weighted by Gasteiger charge is 2.00. The largest absolute Gasteiger partial charge is 0.466 e. The maximum Gasteiger partial charge on any atom is 0.333 e. The molecule has 0 saturated carbocycles. The highest BCUT2D eigenvalue weighted by molar-refractivity contribution is 5.87. The van der Waals surface area contributed by atoms with Crippen LogP contribution in [0.25, 0.3) is 0 Å². The van der Waals surface area contributed by atoms with Crippen molar-refractivity contribution in [2.75, 3.05) is 7.11 Å². The van der Waals surface area contributed by atoms with Gasteiger partial charge in [0.15, 0.2) is 0 Å². The van der Waals surface area contributed by atoms with Crippen LogP contribution in [0.15, 0.2) is 23.8 Å². The number of carbonyl (C=O) groups is 1. The number of methoxy groups -OCH3 is 1. The lowest BCUT2D eigenvalue weighted by molar-refractivity contribution is -0.136. The van der Waals surface area contributed by atoms with Gasteiger partial charge in [0.2, 0.25) is 0 Å². The molecule has 0 aliphatic rings. The summed E-state index contributed by atoms with van der Waals surface area (Å²) in [6.07, 6.45) is 14.7. The maximum atomic E-state index is 11.1. The van der Waals surface area contributed by atoms with E-state index in [1.165, 1.54) is 39.2 Å². The van der Waals surface area contributed by atoms with E-state index in [-0.39, 0.29) is 5.97 Å². The normalized spacial score (nSPS) is 12.1. The molecular weight excluding hydrogens is 212 g/mol. The molecule has 0 aliphatic heterocycles. The zero-order chi connectivity index (χ0) is 12.9. The molecule has 0 atom stereocenters. The van der Waals surface area contributed by atoms with Gasteiger partial charge < -0.3 is 4.74 Å². The quantitative estimate of drug-likeness (QED) is 0.257. The highest BCUT2D eigenvalue weighted by atomic mass is 16.5. The standard InChI is InChI=1S/C15H26O2/c1-4-5-6-7-8-9-10-11-12-13-14(2)15(16)17-3/h9-10,13H,4-8,11-12H2,1-3H3. The first kappa shape index (κ1) is 16.0. The van der Waals surface area contributed by atoms with Crippen molar-refractivity contribution in [3.05, 3.63) is 23.8 Å². The summed E-state index contributed by atoms with van der Waals surface area (Å²) < 4.78 is 4.62. The average molecular weight is 238 g/mol. The molecule has 0 fully saturated rings. The summed E-state index contributed by atoms with van der Waals surface area (Å²) in [6, 6.07) is 0. The molecule has 0 aromatic carbocycles. The fraction of sp³-hybridized carbons (Fsp3) is 0.667. The van der Waals surface area contributed by atoms with Crippen LogP contribution in [0.2, 0.25) is 0 Å². The molecular formula is C15H26O2. The summed E-state index contributed by atoms with van der Waals surface area (Å²) in [5, 5.41) is 0. The van der Waals surface area contributed by atoms with E-state index in [1.54, 1.807) is 6.92 Å². The lowest BCUT2D eigenvalue weighted by Gasteiger charge is -1.97. The van der Waals surface area contributed by atoms with Crippen molar-refractivity contribution in [2.45, 2.75) is 58.8 Å². The van der Waals surface area contributed by atoms with Gasteiger partial charge >= 0.3 is 5.97 Å². The number of esters is 1. The summed E-state index contributed by atoms with van der Waals surface area (Å²) in [6.45, 7) is 4.02. The van der Waals surface area contributed by atoms with Gasteiger partial charge in [-0.05, 0) is 32.6 Å². The van der Waals surface area contributed by atoms with E-state index < -0.39 is 0 Å². The van der Waals surface area contributed by atoms with Gasteiger partial charge in [-0.15, -0.1) is 0 Å². The summed E-state index contributed by atoms with van der Waals surface area (Å²) in [5.41, 5.74) is 0.698. The number of allylic oxidation sites excluding steroid dienone is 3. The van der Waals surface area contributed by atoms with Crippen LogP contribution < -0.4 is 0 Å². The third-order valence-corrected chi connectivity index (χ3v) is 2.68. The Bertz CT molecular complexity index is 252. The third kappa shape index (κ3) is 9.86. The van der Waals surface area contributed by atoms with Crippen molar-refractivity contribution in [1.82, 2.24) is 0 Å². The number of carbonyl (C=O) groups excluding carboxylic acids is 1. The summed E-state index contributed by atoms with van der Waals surface area (Å²) in [4.78, 5) is 11.1. The van der Waals surface area contributed by atoms with Crippen molar-refractivity contribution < 1.29 is 9.53 Å². The Balaban J connectivity index is 3.50. The Morgan fingerprint density at radius 2 is 1.76 bits per heavy atom. The van der Waals surface area contributed by atoms with Crippen molar-refractivity contribution >= 4 is 5.97 Å². The molecule has 0 radical (unpaired) electrons. The molecule has 98 valence electrons. The maximum absolute atomic E-state index is 11.1. The van der Waals surface area contributed by atoms with E-state index in [0.29, 0.717) is 5.57 Å². The van der Waals surface area contributed by atoms with Gasteiger partial charge in [-0.25, -0.2) is 4.79 Å². The lowest BCUT2D eigenvalue weighted by Crippen LogP contribution is -2.00. The SMILES string of the molecule is CCCCCCC=CCCC=C(C)C(=O)OC. The third-order valence-electron chi connectivity index (χ3n) is 2.68. The molecule has 0 N–H and O–H groups in total. The Hall–Kier alpha value is -1.05. The molecule has 0 aromatic heterocycles. The zero-order valence-corrected chi connectivity index (χ0v) is 11.5. The van der Waals surface area contributed by atoms with Crippen molar-refractivity contribution in [3.8, 4) is 0 Å². The lowest BCUT2D eigenvalue weighted by atomic mass is 10.1. The minimum atomic E-state index is -0.228. The van der Waals surface area contributed by atoms with Gasteiger partial charge in [0.1, 0.15) is 0 Å². The van der Waals surface area contributed by atoms with Crippen molar-refractivity contribution in [2.24, 2.45) is 0 Å². The Kier molecular flexibility index (Phi) is 10.7. The second-order valence-corrected chi connectivity index (χ2v) is 4.28. The molecule has 0 spiro atoms. The molecule has 0 heterocycles. The molecule has 0 amide bonds. The summed E-state index contributed by atoms with van der Waals surface area (Å²) in [5.74, 6) is -0.228. The minimum absolute atomic E-state index is 0.228. The molecule has 0 rings (SSSR count). The van der Waals surface area contributed by atoms with E-state index in [9.17, 15) is 4.79 Å². The highest BCUT2D eigenvalue weighted by Crippen LogP contribution is 2.05. The molecule has 0 bridgehead atoms. The zero-order valence-electron chi connectivity index (χ0n) is 11.5.